The second-order valence-electron chi connectivity index (χ2n) is 7.41. The Morgan fingerprint density at radius 2 is 1.93 bits per heavy atom. The molecule has 7 nitrogen and oxygen atoms in total. The van der Waals surface area contributed by atoms with Crippen LogP contribution in [0, 0.1) is 12.7 Å². The molecule has 2 aromatic heterocycles. The third kappa shape index (κ3) is 4.06. The number of hydrogen-bond donors (Lipinski definition) is 0. The lowest BCUT2D eigenvalue weighted by molar-refractivity contribution is -0.130. The molecule has 0 unspecified atom stereocenters. The van der Waals surface area contributed by atoms with E-state index in [1.807, 2.05) is 16.2 Å². The van der Waals surface area contributed by atoms with E-state index in [9.17, 15) is 9.18 Å². The highest BCUT2D eigenvalue weighted by Crippen LogP contribution is 2.20. The van der Waals surface area contributed by atoms with Gasteiger partial charge in [0.15, 0.2) is 0 Å². The Hall–Kier alpha value is -3.03. The van der Waals surface area contributed by atoms with Gasteiger partial charge in [0.25, 0.3) is 5.78 Å². The number of rotatable bonds is 5. The van der Waals surface area contributed by atoms with Crippen molar-refractivity contribution in [2.45, 2.75) is 33.1 Å². The number of benzene rings is 1. The molecule has 0 saturated carbocycles. The van der Waals surface area contributed by atoms with Gasteiger partial charge in [-0.2, -0.15) is 4.98 Å². The van der Waals surface area contributed by atoms with E-state index in [1.165, 1.54) is 12.1 Å². The summed E-state index contributed by atoms with van der Waals surface area (Å²) in [5, 5.41) is 8.35. The fourth-order valence-electron chi connectivity index (χ4n) is 3.83. The summed E-state index contributed by atoms with van der Waals surface area (Å²) in [6.45, 7) is 6.73. The molecule has 0 N–H and O–H groups in total. The summed E-state index contributed by atoms with van der Waals surface area (Å²) in [6.07, 6.45) is 2.18. The lowest BCUT2D eigenvalue weighted by atomic mass is 10.1. The van der Waals surface area contributed by atoms with E-state index in [0.717, 1.165) is 30.2 Å². The predicted octanol–water partition coefficient (Wildman–Crippen LogP) is 2.42. The normalized spacial score (nSPS) is 14.6. The van der Waals surface area contributed by atoms with Gasteiger partial charge in [-0.3, -0.25) is 9.20 Å². The van der Waals surface area contributed by atoms with Gasteiger partial charge in [-0.1, -0.05) is 25.5 Å². The third-order valence-corrected chi connectivity index (χ3v) is 5.31. The molecule has 0 radical (unpaired) electrons. The Morgan fingerprint density at radius 1 is 1.14 bits per heavy atom. The maximum absolute atomic E-state index is 13.3. The van der Waals surface area contributed by atoms with Crippen LogP contribution in [0.25, 0.3) is 5.78 Å². The first-order valence-corrected chi connectivity index (χ1v) is 10.0. The molecule has 0 aliphatic carbocycles. The molecule has 8 heteroatoms. The zero-order chi connectivity index (χ0) is 20.4. The maximum atomic E-state index is 13.3. The molecule has 1 aliphatic heterocycles. The molecular weight excluding hydrogens is 371 g/mol. The van der Waals surface area contributed by atoms with Crippen molar-refractivity contribution in [1.29, 1.82) is 0 Å². The maximum Gasteiger partial charge on any atom is 0.257 e. The van der Waals surface area contributed by atoms with Crippen LogP contribution in [0.4, 0.5) is 10.2 Å². The van der Waals surface area contributed by atoms with E-state index in [1.54, 1.807) is 12.1 Å². The molecule has 4 rings (SSSR count). The van der Waals surface area contributed by atoms with Crippen LogP contribution in [-0.4, -0.2) is 56.6 Å². The van der Waals surface area contributed by atoms with Crippen LogP contribution in [-0.2, 0) is 17.6 Å². The molecule has 0 spiro atoms. The van der Waals surface area contributed by atoms with Gasteiger partial charge in [0.2, 0.25) is 5.91 Å². The van der Waals surface area contributed by atoms with Gasteiger partial charge in [0.05, 0.1) is 6.42 Å². The van der Waals surface area contributed by atoms with E-state index in [2.05, 4.69) is 33.1 Å². The highest BCUT2D eigenvalue weighted by Gasteiger charge is 2.23. The van der Waals surface area contributed by atoms with Crippen molar-refractivity contribution in [1.82, 2.24) is 24.5 Å². The average molecular weight is 396 g/mol. The van der Waals surface area contributed by atoms with Gasteiger partial charge in [-0.05, 0) is 31.0 Å². The number of carbonyl (C=O) groups excluding carboxylic acids is 1. The Kier molecular flexibility index (Phi) is 5.42. The number of aromatic nitrogens is 4. The summed E-state index contributed by atoms with van der Waals surface area (Å²) >= 11 is 0. The molecule has 0 atom stereocenters. The number of aryl methyl sites for hydroxylation is 2. The van der Waals surface area contributed by atoms with Crippen LogP contribution in [0.3, 0.4) is 0 Å². The van der Waals surface area contributed by atoms with E-state index in [4.69, 9.17) is 0 Å². The minimum atomic E-state index is -0.312. The smallest absolute Gasteiger partial charge is 0.257 e. The topological polar surface area (TPSA) is 66.6 Å². The lowest BCUT2D eigenvalue weighted by Crippen LogP contribution is -2.49. The quantitative estimate of drug-likeness (QED) is 0.663. The van der Waals surface area contributed by atoms with Crippen LogP contribution >= 0.6 is 0 Å². The Balaban J connectivity index is 1.45. The molecular formula is C21H25FN6O. The van der Waals surface area contributed by atoms with Crippen LogP contribution < -0.4 is 4.90 Å². The summed E-state index contributed by atoms with van der Waals surface area (Å²) in [5.74, 6) is 2.06. The fraction of sp³-hybridized carbons (Fsp3) is 0.429. The molecule has 3 aromatic rings. The van der Waals surface area contributed by atoms with Gasteiger partial charge in [-0.15, -0.1) is 10.2 Å². The largest absolute Gasteiger partial charge is 0.353 e. The molecule has 1 saturated heterocycles. The van der Waals surface area contributed by atoms with Crippen LogP contribution in [0.15, 0.2) is 30.3 Å². The van der Waals surface area contributed by atoms with Crippen LogP contribution in [0.5, 0.6) is 0 Å². The second-order valence-corrected chi connectivity index (χ2v) is 7.41. The highest BCUT2D eigenvalue weighted by atomic mass is 19.1. The van der Waals surface area contributed by atoms with E-state index >= 15 is 0 Å². The predicted molar refractivity (Wildman–Crippen MR) is 108 cm³/mol. The summed E-state index contributed by atoms with van der Waals surface area (Å²) in [5.41, 5.74) is 1.86. The van der Waals surface area contributed by atoms with Crippen LogP contribution in [0.2, 0.25) is 0 Å². The Bertz CT molecular complexity index is 1030. The Morgan fingerprint density at radius 3 is 2.66 bits per heavy atom. The SMILES string of the molecule is CCCc1cc(N2CCN(C(=O)Cc3cccc(F)c3)CC2)nc2nnc(C)n12. The first kappa shape index (κ1) is 19.3. The second kappa shape index (κ2) is 8.14. The highest BCUT2D eigenvalue weighted by molar-refractivity contribution is 5.79. The molecule has 1 fully saturated rings. The Labute approximate surface area is 169 Å². The van der Waals surface area contributed by atoms with Crippen molar-refractivity contribution in [3.63, 3.8) is 0 Å². The van der Waals surface area contributed by atoms with Gasteiger partial charge >= 0.3 is 0 Å². The standard InChI is InChI=1S/C21H25FN6O/c1-3-5-18-14-19(23-21-25-24-15(2)28(18)21)26-8-10-27(11-9-26)20(29)13-16-6-4-7-17(22)12-16/h4,6-7,12,14H,3,5,8-11,13H2,1-2H3. The minimum Gasteiger partial charge on any atom is -0.353 e. The van der Waals surface area contributed by atoms with Crippen molar-refractivity contribution < 1.29 is 9.18 Å². The average Bonchev–Trinajstić information content (AvgIpc) is 3.09. The number of hydrogen-bond acceptors (Lipinski definition) is 5. The first-order chi connectivity index (χ1) is 14.0. The van der Waals surface area contributed by atoms with Crippen molar-refractivity contribution >= 4 is 17.5 Å². The lowest BCUT2D eigenvalue weighted by Gasteiger charge is -2.35. The summed E-state index contributed by atoms with van der Waals surface area (Å²) in [6, 6.07) is 8.34. The minimum absolute atomic E-state index is 0.0263. The number of fused-ring (bicyclic) bond motifs is 1. The molecule has 1 amide bonds. The molecule has 0 bridgehead atoms. The van der Waals surface area contributed by atoms with Gasteiger partial charge < -0.3 is 9.80 Å². The zero-order valence-electron chi connectivity index (χ0n) is 16.8. The summed E-state index contributed by atoms with van der Waals surface area (Å²) < 4.78 is 15.4. The molecule has 1 aromatic carbocycles. The number of piperazine rings is 1. The number of anilines is 1. The van der Waals surface area contributed by atoms with E-state index in [-0.39, 0.29) is 18.1 Å². The third-order valence-electron chi connectivity index (χ3n) is 5.31. The van der Waals surface area contributed by atoms with Gasteiger partial charge in [-0.25, -0.2) is 4.39 Å². The number of halogens is 1. The van der Waals surface area contributed by atoms with Gasteiger partial charge in [0, 0.05) is 37.9 Å². The molecule has 3 heterocycles. The van der Waals surface area contributed by atoms with Crippen LogP contribution in [0.1, 0.15) is 30.4 Å². The summed E-state index contributed by atoms with van der Waals surface area (Å²) in [7, 11) is 0. The number of nitrogens with zero attached hydrogens (tertiary/aromatic N) is 6. The van der Waals surface area contributed by atoms with Crippen molar-refractivity contribution in [2.75, 3.05) is 31.1 Å². The van der Waals surface area contributed by atoms with E-state index in [0.29, 0.717) is 37.5 Å². The monoisotopic (exact) mass is 396 g/mol. The summed E-state index contributed by atoms with van der Waals surface area (Å²) in [4.78, 5) is 21.3. The van der Waals surface area contributed by atoms with Crippen molar-refractivity contribution in [3.8, 4) is 0 Å². The molecule has 152 valence electrons. The van der Waals surface area contributed by atoms with Gasteiger partial charge in [0.1, 0.15) is 17.5 Å². The zero-order valence-corrected chi connectivity index (χ0v) is 16.8. The fourth-order valence-corrected chi connectivity index (χ4v) is 3.83. The number of carbonyl (C=O) groups is 1. The molecule has 29 heavy (non-hydrogen) atoms. The van der Waals surface area contributed by atoms with E-state index < -0.39 is 0 Å². The van der Waals surface area contributed by atoms with Crippen molar-refractivity contribution in [3.05, 3.63) is 53.2 Å². The molecule has 1 aliphatic rings. The first-order valence-electron chi connectivity index (χ1n) is 10.0. The number of amides is 1. The van der Waals surface area contributed by atoms with Crippen molar-refractivity contribution in [2.24, 2.45) is 0 Å².